The number of amides is 1. The summed E-state index contributed by atoms with van der Waals surface area (Å²) in [6.45, 7) is 8.48. The Hall–Kier alpha value is -4.55. The van der Waals surface area contributed by atoms with Crippen LogP contribution in [-0.2, 0) is 10.0 Å². The molecule has 40 heavy (non-hydrogen) atoms. The van der Waals surface area contributed by atoms with Crippen LogP contribution in [-0.4, -0.2) is 34.6 Å². The van der Waals surface area contributed by atoms with Gasteiger partial charge >= 0.3 is 0 Å². The molecule has 0 aliphatic heterocycles. The summed E-state index contributed by atoms with van der Waals surface area (Å²) < 4.78 is 36.7. The van der Waals surface area contributed by atoms with E-state index < -0.39 is 37.0 Å². The minimum atomic E-state index is -4.26. The first kappa shape index (κ1) is 28.5. The lowest BCUT2D eigenvalue weighted by Gasteiger charge is -2.21. The molecule has 1 heterocycles. The summed E-state index contributed by atoms with van der Waals surface area (Å²) >= 11 is 0. The number of nitrogens with one attached hydrogen (secondary N) is 2. The number of carbonyl (C=O) groups is 1. The first-order chi connectivity index (χ1) is 18.7. The number of rotatable bonds is 8. The topological polar surface area (TPSA) is 145 Å². The molecule has 0 fully saturated rings. The number of nitro benzene ring substituents is 1. The number of benzene rings is 3. The molecule has 1 amide bonds. The predicted molar refractivity (Wildman–Crippen MR) is 151 cm³/mol. The molecule has 2 N–H and O–H groups in total. The van der Waals surface area contributed by atoms with Gasteiger partial charge < -0.3 is 10.1 Å². The van der Waals surface area contributed by atoms with E-state index in [4.69, 9.17) is 4.74 Å². The number of nitrogens with zero attached hydrogens (tertiary/aromatic N) is 3. The number of aromatic nitrogens is 2. The van der Waals surface area contributed by atoms with Crippen molar-refractivity contribution in [1.29, 1.82) is 0 Å². The molecule has 0 spiro atoms. The predicted octanol–water partition coefficient (Wildman–Crippen LogP) is 5.52. The van der Waals surface area contributed by atoms with E-state index in [1.807, 2.05) is 31.2 Å². The number of non-ortho nitro benzene ring substituents is 1. The van der Waals surface area contributed by atoms with Crippen molar-refractivity contribution in [2.75, 3.05) is 5.32 Å². The van der Waals surface area contributed by atoms with Gasteiger partial charge in [0, 0.05) is 28.9 Å². The Bertz CT molecular complexity index is 1690. The van der Waals surface area contributed by atoms with Gasteiger partial charge in [-0.1, -0.05) is 30.3 Å². The van der Waals surface area contributed by atoms with Crippen LogP contribution >= 0.6 is 0 Å². The van der Waals surface area contributed by atoms with Crippen LogP contribution in [0.25, 0.3) is 5.69 Å². The van der Waals surface area contributed by atoms with Gasteiger partial charge in [-0.3, -0.25) is 14.9 Å². The van der Waals surface area contributed by atoms with Gasteiger partial charge in [-0.25, -0.2) is 13.1 Å². The standard InChI is InChI=1S/C28H29N5O6S/c1-18-10-9-11-20(16-18)29-26(34)25-19(2)27(32(30-25)21-12-7-6-8-13-21)39-23-15-14-22(33(35)36)17-24(23)40(37,38)31-28(3,4)5/h6-17,31H,1-5H3,(H,29,34). The Balaban J connectivity index is 1.84. The maximum Gasteiger partial charge on any atom is 0.276 e. The molecule has 11 nitrogen and oxygen atoms in total. The van der Waals surface area contributed by atoms with Crippen molar-refractivity contribution in [3.8, 4) is 17.3 Å². The van der Waals surface area contributed by atoms with E-state index in [-0.39, 0.29) is 17.3 Å². The summed E-state index contributed by atoms with van der Waals surface area (Å²) in [6, 6.07) is 19.4. The van der Waals surface area contributed by atoms with Crippen molar-refractivity contribution in [3.63, 3.8) is 0 Å². The van der Waals surface area contributed by atoms with E-state index in [9.17, 15) is 23.3 Å². The Morgan fingerprint density at radius 1 is 1.00 bits per heavy atom. The minimum absolute atomic E-state index is 0.0551. The molecule has 4 rings (SSSR count). The molecule has 0 aliphatic rings. The zero-order valence-corrected chi connectivity index (χ0v) is 23.4. The smallest absolute Gasteiger partial charge is 0.276 e. The summed E-state index contributed by atoms with van der Waals surface area (Å²) in [4.78, 5) is 23.6. The van der Waals surface area contributed by atoms with Gasteiger partial charge in [0.15, 0.2) is 5.69 Å². The highest BCUT2D eigenvalue weighted by Crippen LogP contribution is 2.36. The third kappa shape index (κ3) is 6.35. The molecule has 3 aromatic carbocycles. The van der Waals surface area contributed by atoms with Crippen LogP contribution in [0.4, 0.5) is 11.4 Å². The summed E-state index contributed by atoms with van der Waals surface area (Å²) in [5.74, 6) is -0.594. The fraction of sp³-hybridized carbons (Fsp3) is 0.214. The number of sulfonamides is 1. The van der Waals surface area contributed by atoms with E-state index in [0.29, 0.717) is 16.9 Å². The van der Waals surface area contributed by atoms with Gasteiger partial charge in [0.25, 0.3) is 11.6 Å². The average molecular weight is 564 g/mol. The third-order valence-corrected chi connectivity index (χ3v) is 7.41. The monoisotopic (exact) mass is 563 g/mol. The summed E-state index contributed by atoms with van der Waals surface area (Å²) in [7, 11) is -4.26. The van der Waals surface area contributed by atoms with E-state index in [1.165, 1.54) is 10.7 Å². The lowest BCUT2D eigenvalue weighted by molar-refractivity contribution is -0.385. The van der Waals surface area contributed by atoms with Crippen LogP contribution < -0.4 is 14.8 Å². The van der Waals surface area contributed by atoms with Gasteiger partial charge in [-0.05, 0) is 70.5 Å². The quantitative estimate of drug-likeness (QED) is 0.212. The maximum absolute atomic E-state index is 13.3. The van der Waals surface area contributed by atoms with Gasteiger partial charge in [0.1, 0.15) is 10.6 Å². The zero-order chi connectivity index (χ0) is 29.2. The molecule has 0 unspecified atom stereocenters. The zero-order valence-electron chi connectivity index (χ0n) is 22.6. The van der Waals surface area contributed by atoms with Crippen molar-refractivity contribution >= 4 is 27.3 Å². The van der Waals surface area contributed by atoms with E-state index in [2.05, 4.69) is 15.1 Å². The molecular formula is C28H29N5O6S. The number of carbonyl (C=O) groups excluding carboxylic acids is 1. The number of nitro groups is 1. The van der Waals surface area contributed by atoms with Gasteiger partial charge in [-0.2, -0.15) is 9.78 Å². The van der Waals surface area contributed by atoms with Crippen LogP contribution in [0.3, 0.4) is 0 Å². The fourth-order valence-corrected chi connectivity index (χ4v) is 5.51. The van der Waals surface area contributed by atoms with Crippen LogP contribution in [0.5, 0.6) is 11.6 Å². The van der Waals surface area contributed by atoms with Gasteiger partial charge in [0.05, 0.1) is 10.6 Å². The first-order valence-electron chi connectivity index (χ1n) is 12.3. The molecule has 1 aromatic heterocycles. The van der Waals surface area contributed by atoms with Crippen LogP contribution in [0.1, 0.15) is 42.4 Å². The highest BCUT2D eigenvalue weighted by molar-refractivity contribution is 7.89. The highest BCUT2D eigenvalue weighted by Gasteiger charge is 2.30. The van der Waals surface area contributed by atoms with E-state index in [0.717, 1.165) is 17.7 Å². The lowest BCUT2D eigenvalue weighted by atomic mass is 10.1. The number of anilines is 1. The highest BCUT2D eigenvalue weighted by atomic mass is 32.2. The van der Waals surface area contributed by atoms with Crippen LogP contribution in [0.15, 0.2) is 77.7 Å². The molecule has 0 saturated heterocycles. The SMILES string of the molecule is Cc1cccc(NC(=O)c2nn(-c3ccccc3)c(Oc3ccc([N+](=O)[O-])cc3S(=O)(=O)NC(C)(C)C)c2C)c1. The second kappa shape index (κ2) is 10.9. The van der Waals surface area contributed by atoms with E-state index in [1.54, 1.807) is 58.0 Å². The molecule has 208 valence electrons. The van der Waals surface area contributed by atoms with Crippen LogP contribution in [0, 0.1) is 24.0 Å². The Labute approximate surface area is 232 Å². The van der Waals surface area contributed by atoms with Crippen LogP contribution in [0.2, 0.25) is 0 Å². The molecule has 0 aliphatic carbocycles. The van der Waals surface area contributed by atoms with E-state index >= 15 is 0 Å². The van der Waals surface area contributed by atoms with Crippen molar-refractivity contribution in [1.82, 2.24) is 14.5 Å². The number of aryl methyl sites for hydroxylation is 1. The van der Waals surface area contributed by atoms with Crippen molar-refractivity contribution in [3.05, 3.63) is 99.7 Å². The second-order valence-corrected chi connectivity index (χ2v) is 11.8. The minimum Gasteiger partial charge on any atom is -0.437 e. The molecule has 0 radical (unpaired) electrons. The average Bonchev–Trinajstić information content (AvgIpc) is 3.19. The largest absolute Gasteiger partial charge is 0.437 e. The Kier molecular flexibility index (Phi) is 7.76. The van der Waals surface area contributed by atoms with Crippen molar-refractivity contribution < 1.29 is 22.9 Å². The summed E-state index contributed by atoms with van der Waals surface area (Å²) in [5.41, 5.74) is 1.19. The van der Waals surface area contributed by atoms with Gasteiger partial charge in [-0.15, -0.1) is 0 Å². The fourth-order valence-electron chi connectivity index (χ4n) is 3.94. The summed E-state index contributed by atoms with van der Waals surface area (Å²) in [5, 5.41) is 18.8. The Morgan fingerprint density at radius 2 is 1.70 bits per heavy atom. The maximum atomic E-state index is 13.3. The molecule has 0 bridgehead atoms. The molecule has 0 saturated carbocycles. The first-order valence-corrected chi connectivity index (χ1v) is 13.8. The van der Waals surface area contributed by atoms with Crippen molar-refractivity contribution in [2.45, 2.75) is 45.1 Å². The number of para-hydroxylation sites is 1. The molecule has 4 aromatic rings. The molecule has 0 atom stereocenters. The number of hydrogen-bond acceptors (Lipinski definition) is 7. The second-order valence-electron chi connectivity index (χ2n) is 10.2. The Morgan fingerprint density at radius 3 is 2.33 bits per heavy atom. The number of hydrogen-bond donors (Lipinski definition) is 2. The lowest BCUT2D eigenvalue weighted by Crippen LogP contribution is -2.40. The normalized spacial score (nSPS) is 11.7. The summed E-state index contributed by atoms with van der Waals surface area (Å²) in [6.07, 6.45) is 0. The molecule has 12 heteroatoms. The van der Waals surface area contributed by atoms with Gasteiger partial charge in [0.2, 0.25) is 15.9 Å². The molecular weight excluding hydrogens is 534 g/mol. The third-order valence-electron chi connectivity index (χ3n) is 5.63. The number of ether oxygens (including phenoxy) is 1. The van der Waals surface area contributed by atoms with Crippen molar-refractivity contribution in [2.24, 2.45) is 0 Å².